The molecule has 0 aliphatic rings. The SMILES string of the molecule is O=C(O)C(F)(F)F.c1ccc2c(c1)ncc1cc[nH]c12. The lowest BCUT2D eigenvalue weighted by atomic mass is 10.2. The van der Waals surface area contributed by atoms with Gasteiger partial charge in [0.1, 0.15) is 0 Å². The van der Waals surface area contributed by atoms with Gasteiger partial charge in [0.05, 0.1) is 11.0 Å². The molecule has 0 radical (unpaired) electrons. The third kappa shape index (κ3) is 2.87. The molecule has 0 saturated carbocycles. The van der Waals surface area contributed by atoms with Gasteiger partial charge in [-0.15, -0.1) is 0 Å². The molecule has 0 atom stereocenters. The van der Waals surface area contributed by atoms with Crippen LogP contribution in [0.15, 0.2) is 42.7 Å². The Kier molecular flexibility index (Phi) is 3.60. The lowest BCUT2D eigenvalue weighted by Gasteiger charge is -1.96. The van der Waals surface area contributed by atoms with Gasteiger partial charge in [-0.2, -0.15) is 13.2 Å². The molecule has 0 aliphatic heterocycles. The van der Waals surface area contributed by atoms with Crippen molar-refractivity contribution in [2.75, 3.05) is 0 Å². The molecule has 0 fully saturated rings. The van der Waals surface area contributed by atoms with E-state index < -0.39 is 12.1 Å². The number of aromatic amines is 1. The molecule has 2 N–H and O–H groups in total. The Bertz CT molecular complexity index is 750. The monoisotopic (exact) mass is 282 g/mol. The molecule has 0 bridgehead atoms. The first-order valence-electron chi connectivity index (χ1n) is 5.50. The zero-order valence-corrected chi connectivity index (χ0v) is 9.98. The molecular weight excluding hydrogens is 273 g/mol. The molecule has 0 unspecified atom stereocenters. The average molecular weight is 282 g/mol. The van der Waals surface area contributed by atoms with Crippen LogP contribution in [0.1, 0.15) is 0 Å². The molecule has 7 heteroatoms. The van der Waals surface area contributed by atoms with E-state index in [9.17, 15) is 13.2 Å². The third-order valence-electron chi connectivity index (χ3n) is 2.54. The van der Waals surface area contributed by atoms with Gasteiger partial charge in [-0.25, -0.2) is 4.79 Å². The van der Waals surface area contributed by atoms with Crippen molar-refractivity contribution in [3.63, 3.8) is 0 Å². The number of alkyl halides is 3. The number of halogens is 3. The number of para-hydroxylation sites is 1. The van der Waals surface area contributed by atoms with Gasteiger partial charge in [0.15, 0.2) is 0 Å². The molecule has 104 valence electrons. The number of carbonyl (C=O) groups is 1. The van der Waals surface area contributed by atoms with Gasteiger partial charge in [-0.05, 0) is 12.1 Å². The van der Waals surface area contributed by atoms with E-state index in [-0.39, 0.29) is 0 Å². The highest BCUT2D eigenvalue weighted by Gasteiger charge is 2.38. The summed E-state index contributed by atoms with van der Waals surface area (Å²) >= 11 is 0. The summed E-state index contributed by atoms with van der Waals surface area (Å²) in [6.07, 6.45) is -1.24. The van der Waals surface area contributed by atoms with Crippen molar-refractivity contribution in [2.45, 2.75) is 6.18 Å². The zero-order valence-electron chi connectivity index (χ0n) is 9.98. The van der Waals surface area contributed by atoms with E-state index in [0.717, 1.165) is 5.52 Å². The van der Waals surface area contributed by atoms with Crippen LogP contribution < -0.4 is 0 Å². The van der Waals surface area contributed by atoms with Gasteiger partial charge < -0.3 is 10.1 Å². The number of rotatable bonds is 0. The number of H-pyrrole nitrogens is 1. The Labute approximate surface area is 110 Å². The fourth-order valence-electron chi connectivity index (χ4n) is 1.66. The molecule has 0 saturated heterocycles. The Morgan fingerprint density at radius 2 is 1.85 bits per heavy atom. The number of fused-ring (bicyclic) bond motifs is 3. The standard InChI is InChI=1S/C11H8N2.C2HF3O2/c1-2-4-10-9(3-1)11-8(7-13-10)5-6-12-11;3-2(4,5)1(6)7/h1-7,12H;(H,6,7). The van der Waals surface area contributed by atoms with E-state index in [1.54, 1.807) is 0 Å². The fraction of sp³-hybridized carbons (Fsp3) is 0.0769. The second kappa shape index (κ2) is 5.20. The van der Waals surface area contributed by atoms with Crippen LogP contribution >= 0.6 is 0 Å². The van der Waals surface area contributed by atoms with Crippen LogP contribution in [0.2, 0.25) is 0 Å². The van der Waals surface area contributed by atoms with Crippen LogP contribution in [0.5, 0.6) is 0 Å². The summed E-state index contributed by atoms with van der Waals surface area (Å²) in [6, 6.07) is 10.2. The largest absolute Gasteiger partial charge is 0.490 e. The quantitative estimate of drug-likeness (QED) is 0.664. The number of nitrogens with zero attached hydrogens (tertiary/aromatic N) is 1. The van der Waals surface area contributed by atoms with Crippen LogP contribution in [0.3, 0.4) is 0 Å². The molecule has 0 amide bonds. The summed E-state index contributed by atoms with van der Waals surface area (Å²) in [5.74, 6) is -2.76. The van der Waals surface area contributed by atoms with E-state index in [0.29, 0.717) is 0 Å². The van der Waals surface area contributed by atoms with Crippen molar-refractivity contribution in [1.29, 1.82) is 0 Å². The first-order chi connectivity index (χ1) is 9.39. The van der Waals surface area contributed by atoms with Gasteiger partial charge in [0.25, 0.3) is 0 Å². The average Bonchev–Trinajstić information content (AvgIpc) is 2.87. The first-order valence-corrected chi connectivity index (χ1v) is 5.50. The van der Waals surface area contributed by atoms with Crippen LogP contribution in [-0.4, -0.2) is 27.2 Å². The molecule has 4 nitrogen and oxygen atoms in total. The van der Waals surface area contributed by atoms with Gasteiger partial charge in [-0.3, -0.25) is 4.98 Å². The summed E-state index contributed by atoms with van der Waals surface area (Å²) in [5.41, 5.74) is 2.21. The van der Waals surface area contributed by atoms with Gasteiger partial charge in [0, 0.05) is 23.2 Å². The first kappa shape index (κ1) is 13.9. The molecule has 0 spiro atoms. The van der Waals surface area contributed by atoms with Crippen molar-refractivity contribution >= 4 is 27.8 Å². The number of nitrogens with one attached hydrogen (secondary N) is 1. The van der Waals surface area contributed by atoms with Gasteiger partial charge >= 0.3 is 12.1 Å². The minimum atomic E-state index is -5.08. The van der Waals surface area contributed by atoms with Gasteiger partial charge in [0.2, 0.25) is 0 Å². The normalized spacial score (nSPS) is 11.2. The summed E-state index contributed by atoms with van der Waals surface area (Å²) in [6.45, 7) is 0. The van der Waals surface area contributed by atoms with Crippen LogP contribution in [0.25, 0.3) is 21.8 Å². The van der Waals surface area contributed by atoms with Crippen molar-refractivity contribution in [1.82, 2.24) is 9.97 Å². The maximum absolute atomic E-state index is 10.6. The Morgan fingerprint density at radius 1 is 1.20 bits per heavy atom. The van der Waals surface area contributed by atoms with Gasteiger partial charge in [-0.1, -0.05) is 18.2 Å². The number of pyridine rings is 1. The molecule has 1 aromatic carbocycles. The van der Waals surface area contributed by atoms with E-state index in [1.165, 1.54) is 16.3 Å². The van der Waals surface area contributed by atoms with Crippen LogP contribution in [0, 0.1) is 0 Å². The molecular formula is C13H9F3N2O2. The van der Waals surface area contributed by atoms with Crippen LogP contribution in [-0.2, 0) is 4.79 Å². The van der Waals surface area contributed by atoms with Crippen molar-refractivity contribution in [3.8, 4) is 0 Å². The highest BCUT2D eigenvalue weighted by atomic mass is 19.4. The minimum Gasteiger partial charge on any atom is -0.475 e. The highest BCUT2D eigenvalue weighted by molar-refractivity contribution is 6.02. The second-order valence-corrected chi connectivity index (χ2v) is 3.89. The molecule has 0 aliphatic carbocycles. The summed E-state index contributed by atoms with van der Waals surface area (Å²) in [4.78, 5) is 16.5. The topological polar surface area (TPSA) is 66.0 Å². The molecule has 2 aromatic heterocycles. The Morgan fingerprint density at radius 3 is 2.50 bits per heavy atom. The molecule has 20 heavy (non-hydrogen) atoms. The smallest absolute Gasteiger partial charge is 0.475 e. The predicted molar refractivity (Wildman–Crippen MR) is 67.3 cm³/mol. The predicted octanol–water partition coefficient (Wildman–Crippen LogP) is 3.35. The number of aromatic nitrogens is 2. The Hall–Kier alpha value is -2.57. The number of hydrogen-bond donors (Lipinski definition) is 2. The number of hydrogen-bond acceptors (Lipinski definition) is 2. The maximum atomic E-state index is 10.6. The van der Waals surface area contributed by atoms with E-state index in [4.69, 9.17) is 9.90 Å². The van der Waals surface area contributed by atoms with E-state index >= 15 is 0 Å². The second-order valence-electron chi connectivity index (χ2n) is 3.89. The fourth-order valence-corrected chi connectivity index (χ4v) is 1.66. The summed E-state index contributed by atoms with van der Waals surface area (Å²) in [5, 5.41) is 9.48. The molecule has 3 rings (SSSR count). The lowest BCUT2D eigenvalue weighted by molar-refractivity contribution is -0.192. The maximum Gasteiger partial charge on any atom is 0.490 e. The highest BCUT2D eigenvalue weighted by Crippen LogP contribution is 2.21. The van der Waals surface area contributed by atoms with Crippen molar-refractivity contribution in [3.05, 3.63) is 42.7 Å². The Balaban J connectivity index is 0.000000182. The lowest BCUT2D eigenvalue weighted by Crippen LogP contribution is -2.21. The third-order valence-corrected chi connectivity index (χ3v) is 2.54. The number of benzene rings is 1. The zero-order chi connectivity index (χ0) is 14.8. The van der Waals surface area contributed by atoms with Crippen molar-refractivity contribution in [2.24, 2.45) is 0 Å². The minimum absolute atomic E-state index is 1.04. The number of carboxylic acid groups (broad SMARTS) is 1. The summed E-state index contributed by atoms with van der Waals surface area (Å²) < 4.78 is 31.7. The molecule has 3 aromatic rings. The van der Waals surface area contributed by atoms with E-state index in [2.05, 4.69) is 16.0 Å². The van der Waals surface area contributed by atoms with Crippen LogP contribution in [0.4, 0.5) is 13.2 Å². The van der Waals surface area contributed by atoms with E-state index in [1.807, 2.05) is 36.7 Å². The van der Waals surface area contributed by atoms with Crippen molar-refractivity contribution < 1.29 is 23.1 Å². The summed E-state index contributed by atoms with van der Waals surface area (Å²) in [7, 11) is 0. The number of aliphatic carboxylic acids is 1. The molecule has 2 heterocycles. The number of carboxylic acids is 1.